The minimum atomic E-state index is -0.490. The molecule has 11 nitrogen and oxygen atoms in total. The zero-order valence-corrected chi connectivity index (χ0v) is 14.5. The normalized spacial score (nSPS) is 18.2. The lowest BCUT2D eigenvalue weighted by atomic mass is 10.1. The van der Waals surface area contributed by atoms with Crippen LogP contribution in [0.3, 0.4) is 0 Å². The van der Waals surface area contributed by atoms with Gasteiger partial charge in [-0.25, -0.2) is 4.63 Å². The van der Waals surface area contributed by atoms with Crippen molar-refractivity contribution < 1.29 is 14.8 Å². The molecule has 0 aliphatic carbocycles. The van der Waals surface area contributed by atoms with E-state index in [0.29, 0.717) is 30.3 Å². The summed E-state index contributed by atoms with van der Waals surface area (Å²) in [5.74, 6) is 0.205. The van der Waals surface area contributed by atoms with E-state index in [1.54, 1.807) is 6.07 Å². The van der Waals surface area contributed by atoms with Gasteiger partial charge in [-0.1, -0.05) is 16.8 Å². The molecule has 1 aliphatic heterocycles. The van der Waals surface area contributed by atoms with Crippen LogP contribution in [0, 0.1) is 10.1 Å². The predicted octanol–water partition coefficient (Wildman–Crippen LogP) is 1.56. The number of nitrogens with zero attached hydrogens (tertiary/aromatic N) is 6. The van der Waals surface area contributed by atoms with Gasteiger partial charge >= 0.3 is 0 Å². The van der Waals surface area contributed by atoms with Crippen molar-refractivity contribution in [1.82, 2.24) is 15.2 Å². The van der Waals surface area contributed by atoms with Crippen LogP contribution in [0.5, 0.6) is 0 Å². The number of nitrogens with two attached hydrogens (primary N) is 1. The third-order valence-electron chi connectivity index (χ3n) is 4.20. The van der Waals surface area contributed by atoms with Crippen molar-refractivity contribution in [2.45, 2.75) is 13.0 Å². The van der Waals surface area contributed by atoms with Gasteiger partial charge in [0.1, 0.15) is 0 Å². The Bertz CT molecular complexity index is 856. The largest absolute Gasteiger partial charge is 0.409 e. The van der Waals surface area contributed by atoms with E-state index in [0.717, 1.165) is 0 Å². The molecule has 0 spiro atoms. The Hall–Kier alpha value is -3.08. The average molecular weight is 382 g/mol. The molecule has 1 atom stereocenters. The Balaban J connectivity index is 1.78. The summed E-state index contributed by atoms with van der Waals surface area (Å²) in [6.07, 6.45) is 0. The summed E-state index contributed by atoms with van der Waals surface area (Å²) in [5.41, 5.74) is 6.49. The molecule has 1 fully saturated rings. The number of rotatable bonds is 3. The molecule has 0 bridgehead atoms. The fraction of sp³-hybridized carbons (Fsp3) is 0.357. The summed E-state index contributed by atoms with van der Waals surface area (Å²) in [6, 6.07) is 4.29. The average Bonchev–Trinajstić information content (AvgIpc) is 3.02. The van der Waals surface area contributed by atoms with E-state index in [-0.39, 0.29) is 29.1 Å². The summed E-state index contributed by atoms with van der Waals surface area (Å²) in [6.45, 7) is 3.51. The van der Waals surface area contributed by atoms with Crippen LogP contribution >= 0.6 is 11.6 Å². The maximum atomic E-state index is 10.8. The van der Waals surface area contributed by atoms with Crippen LogP contribution in [0.25, 0.3) is 0 Å². The lowest BCUT2D eigenvalue weighted by Gasteiger charge is -2.41. The van der Waals surface area contributed by atoms with Crippen molar-refractivity contribution in [3.63, 3.8) is 0 Å². The van der Waals surface area contributed by atoms with E-state index in [9.17, 15) is 15.3 Å². The predicted molar refractivity (Wildman–Crippen MR) is 93.5 cm³/mol. The van der Waals surface area contributed by atoms with Crippen LogP contribution in [-0.2, 0) is 0 Å². The molecule has 0 saturated carbocycles. The van der Waals surface area contributed by atoms with Gasteiger partial charge in [0.2, 0.25) is 5.84 Å². The summed E-state index contributed by atoms with van der Waals surface area (Å²) in [5, 5.41) is 31.0. The number of oxime groups is 1. The van der Waals surface area contributed by atoms with Crippen molar-refractivity contribution >= 4 is 34.6 Å². The van der Waals surface area contributed by atoms with Crippen LogP contribution < -0.4 is 10.6 Å². The molecular formula is C14H16ClN7O4. The summed E-state index contributed by atoms with van der Waals surface area (Å²) in [7, 11) is 0. The number of hydrogen-bond acceptors (Lipinski definition) is 9. The number of halogens is 1. The number of anilines is 2. The molecule has 1 unspecified atom stereocenters. The molecule has 3 N–H and O–H groups in total. The molecule has 1 aromatic heterocycles. The molecule has 138 valence electrons. The fourth-order valence-electron chi connectivity index (χ4n) is 2.95. The van der Waals surface area contributed by atoms with E-state index in [2.05, 4.69) is 20.1 Å². The SMILES string of the molecule is CC1CN(c2ccc([N+](=O)[O-])cc2Cl)CCN1/C(=N/O)c1nonc1N. The highest BCUT2D eigenvalue weighted by Gasteiger charge is 2.31. The highest BCUT2D eigenvalue weighted by atomic mass is 35.5. The molecule has 0 radical (unpaired) electrons. The number of nitrogen functional groups attached to an aromatic ring is 1. The number of hydrogen-bond donors (Lipinski definition) is 2. The first-order valence-corrected chi connectivity index (χ1v) is 8.06. The molecular weight excluding hydrogens is 366 g/mol. The quantitative estimate of drug-likeness (QED) is 0.265. The Morgan fingerprint density at radius 3 is 2.81 bits per heavy atom. The van der Waals surface area contributed by atoms with Gasteiger partial charge in [0.15, 0.2) is 11.5 Å². The summed E-state index contributed by atoms with van der Waals surface area (Å²) >= 11 is 6.21. The van der Waals surface area contributed by atoms with Gasteiger partial charge in [0.05, 0.1) is 15.6 Å². The summed E-state index contributed by atoms with van der Waals surface area (Å²) in [4.78, 5) is 14.2. The van der Waals surface area contributed by atoms with E-state index < -0.39 is 4.92 Å². The van der Waals surface area contributed by atoms with Gasteiger partial charge in [-0.05, 0) is 23.3 Å². The first-order valence-electron chi connectivity index (χ1n) is 7.68. The third-order valence-corrected chi connectivity index (χ3v) is 4.51. The second kappa shape index (κ2) is 7.04. The van der Waals surface area contributed by atoms with Crippen molar-refractivity contribution in [3.8, 4) is 0 Å². The Morgan fingerprint density at radius 1 is 1.50 bits per heavy atom. The number of nitro groups is 1. The Kier molecular flexibility index (Phi) is 4.80. The number of non-ortho nitro benzene ring substituents is 1. The molecule has 2 aromatic rings. The number of benzene rings is 1. The highest BCUT2D eigenvalue weighted by molar-refractivity contribution is 6.33. The first kappa shape index (κ1) is 17.7. The lowest BCUT2D eigenvalue weighted by molar-refractivity contribution is -0.384. The van der Waals surface area contributed by atoms with Crippen LogP contribution in [0.4, 0.5) is 17.2 Å². The first-order chi connectivity index (χ1) is 12.4. The number of piperazine rings is 1. The van der Waals surface area contributed by atoms with Crippen LogP contribution in [0.1, 0.15) is 12.6 Å². The van der Waals surface area contributed by atoms with Gasteiger partial charge < -0.3 is 20.7 Å². The number of amidine groups is 1. The smallest absolute Gasteiger partial charge is 0.271 e. The second-order valence-corrected chi connectivity index (χ2v) is 6.21. The molecule has 12 heteroatoms. The van der Waals surface area contributed by atoms with E-state index in [1.165, 1.54) is 12.1 Å². The zero-order chi connectivity index (χ0) is 18.8. The molecule has 1 saturated heterocycles. The monoisotopic (exact) mass is 381 g/mol. The number of nitro benzene ring substituents is 1. The van der Waals surface area contributed by atoms with Crippen LogP contribution in [0.15, 0.2) is 28.0 Å². The molecule has 1 aliphatic rings. The van der Waals surface area contributed by atoms with E-state index in [4.69, 9.17) is 17.3 Å². The maximum absolute atomic E-state index is 10.8. The molecule has 2 heterocycles. The Morgan fingerprint density at radius 2 is 2.27 bits per heavy atom. The molecule has 1 aromatic carbocycles. The van der Waals surface area contributed by atoms with Gasteiger partial charge in [-0.2, -0.15) is 0 Å². The van der Waals surface area contributed by atoms with Gasteiger partial charge in [0, 0.05) is 37.8 Å². The lowest BCUT2D eigenvalue weighted by Crippen LogP contribution is -2.54. The molecule has 0 amide bonds. The number of aromatic nitrogens is 2. The topological polar surface area (TPSA) is 147 Å². The van der Waals surface area contributed by atoms with Crippen molar-refractivity contribution in [1.29, 1.82) is 0 Å². The molecule has 3 rings (SSSR count). The van der Waals surface area contributed by atoms with Gasteiger partial charge in [-0.3, -0.25) is 10.1 Å². The van der Waals surface area contributed by atoms with Gasteiger partial charge in [-0.15, -0.1) is 0 Å². The van der Waals surface area contributed by atoms with Crippen molar-refractivity contribution in [2.75, 3.05) is 30.3 Å². The highest BCUT2D eigenvalue weighted by Crippen LogP contribution is 2.31. The minimum absolute atomic E-state index is 0.0332. The summed E-state index contributed by atoms with van der Waals surface area (Å²) < 4.78 is 4.56. The van der Waals surface area contributed by atoms with E-state index in [1.807, 2.05) is 16.7 Å². The van der Waals surface area contributed by atoms with Crippen molar-refractivity contribution in [3.05, 3.63) is 39.0 Å². The fourth-order valence-corrected chi connectivity index (χ4v) is 3.24. The zero-order valence-electron chi connectivity index (χ0n) is 13.7. The second-order valence-electron chi connectivity index (χ2n) is 5.80. The van der Waals surface area contributed by atoms with Crippen molar-refractivity contribution in [2.24, 2.45) is 5.16 Å². The minimum Gasteiger partial charge on any atom is -0.409 e. The van der Waals surface area contributed by atoms with E-state index >= 15 is 0 Å². The standard InChI is InChI=1S/C14H16ClN7O4/c1-8-7-20(11-3-2-9(22(24)25)6-10(11)15)4-5-21(8)14(17-23)12-13(16)19-26-18-12/h2-3,6,8,23H,4-5,7H2,1H3,(H2,16,19)/b17-14+. The van der Waals surface area contributed by atoms with Crippen LogP contribution in [-0.4, -0.2) is 56.9 Å². The molecule has 26 heavy (non-hydrogen) atoms. The van der Waals surface area contributed by atoms with Crippen LogP contribution in [0.2, 0.25) is 5.02 Å². The Labute approximate surface area is 152 Å². The third kappa shape index (κ3) is 3.20. The van der Waals surface area contributed by atoms with Gasteiger partial charge in [0.25, 0.3) is 5.69 Å². The maximum Gasteiger partial charge on any atom is 0.271 e.